The second-order valence-corrected chi connectivity index (χ2v) is 10.4. The van der Waals surface area contributed by atoms with Crippen LogP contribution in [0.15, 0.2) is 27.4 Å². The highest BCUT2D eigenvalue weighted by Crippen LogP contribution is 2.38. The van der Waals surface area contributed by atoms with Gasteiger partial charge in [0.05, 0.1) is 23.1 Å². The maximum absolute atomic E-state index is 13.3. The monoisotopic (exact) mass is 462 g/mol. The van der Waals surface area contributed by atoms with Gasteiger partial charge in [-0.2, -0.15) is 0 Å². The van der Waals surface area contributed by atoms with Crippen molar-refractivity contribution in [1.82, 2.24) is 14.8 Å². The first-order valence-corrected chi connectivity index (χ1v) is 12.0. The molecule has 2 amide bonds. The van der Waals surface area contributed by atoms with Crippen molar-refractivity contribution in [1.29, 1.82) is 0 Å². The number of carbonyl (C=O) groups excluding carboxylic acids is 2. The zero-order chi connectivity index (χ0) is 22.5. The van der Waals surface area contributed by atoms with Crippen molar-refractivity contribution < 1.29 is 14.3 Å². The fourth-order valence-electron chi connectivity index (χ4n) is 3.25. The summed E-state index contributed by atoms with van der Waals surface area (Å²) in [7, 11) is 3.68. The van der Waals surface area contributed by atoms with Crippen LogP contribution in [0.5, 0.6) is 5.75 Å². The van der Waals surface area contributed by atoms with E-state index in [-0.39, 0.29) is 17.7 Å². The molecule has 0 saturated carbocycles. The number of nitrogens with zero attached hydrogens (tertiary/aromatic N) is 3. The first-order chi connectivity index (χ1) is 14.8. The number of aryl methyl sites for hydroxylation is 1. The number of amides is 2. The van der Waals surface area contributed by atoms with E-state index in [4.69, 9.17) is 4.74 Å². The lowest BCUT2D eigenvalue weighted by Gasteiger charge is -2.22. The van der Waals surface area contributed by atoms with Crippen molar-refractivity contribution in [2.24, 2.45) is 5.92 Å². The van der Waals surface area contributed by atoms with Gasteiger partial charge in [-0.3, -0.25) is 9.59 Å². The van der Waals surface area contributed by atoms with Gasteiger partial charge in [-0.05, 0) is 44.6 Å². The maximum atomic E-state index is 13.3. The minimum atomic E-state index is -0.101. The molecule has 0 atom stereocenters. The van der Waals surface area contributed by atoms with Crippen molar-refractivity contribution in [3.63, 3.8) is 0 Å². The summed E-state index contributed by atoms with van der Waals surface area (Å²) in [6, 6.07) is 3.84. The average Bonchev–Trinajstić information content (AvgIpc) is 3.05. The number of hydrogen-bond donors (Lipinski definition) is 1. The standard InChI is InChI=1S/C22H30N4O3S2/c1-14(2)20(27)24-22-23-13-19(31-22)30-18-12-16(17(29-5)11-15(18)3)21(28)26-8-6-7-25(4)9-10-26/h11-14H,6-10H2,1-5H3,(H,23,24,27). The van der Waals surface area contributed by atoms with Gasteiger partial charge in [0, 0.05) is 30.4 Å². The van der Waals surface area contributed by atoms with Gasteiger partial charge in [-0.15, -0.1) is 0 Å². The lowest BCUT2D eigenvalue weighted by molar-refractivity contribution is -0.118. The lowest BCUT2D eigenvalue weighted by Crippen LogP contribution is -2.34. The Kier molecular flexibility index (Phi) is 7.96. The van der Waals surface area contributed by atoms with E-state index in [1.54, 1.807) is 25.1 Å². The molecule has 2 aromatic rings. The molecule has 0 aliphatic carbocycles. The van der Waals surface area contributed by atoms with Crippen LogP contribution in [0, 0.1) is 12.8 Å². The highest BCUT2D eigenvalue weighted by Gasteiger charge is 2.23. The van der Waals surface area contributed by atoms with Crippen LogP contribution in [0.2, 0.25) is 0 Å². The number of ether oxygens (including phenoxy) is 1. The Morgan fingerprint density at radius 3 is 2.71 bits per heavy atom. The quantitative estimate of drug-likeness (QED) is 0.700. The van der Waals surface area contributed by atoms with Gasteiger partial charge in [0.15, 0.2) is 5.13 Å². The maximum Gasteiger partial charge on any atom is 0.257 e. The number of nitrogens with one attached hydrogen (secondary N) is 1. The number of rotatable bonds is 6. The molecule has 168 valence electrons. The number of benzene rings is 1. The van der Waals surface area contributed by atoms with Gasteiger partial charge in [0.1, 0.15) is 5.75 Å². The van der Waals surface area contributed by atoms with Crippen LogP contribution in [-0.4, -0.2) is 66.9 Å². The van der Waals surface area contributed by atoms with Crippen molar-refractivity contribution in [2.75, 3.05) is 45.7 Å². The third-order valence-corrected chi connectivity index (χ3v) is 7.36. The Bertz CT molecular complexity index is 945. The Morgan fingerprint density at radius 2 is 2.00 bits per heavy atom. The number of methoxy groups -OCH3 is 1. The molecule has 9 heteroatoms. The highest BCUT2D eigenvalue weighted by molar-refractivity contribution is 8.01. The number of aromatic nitrogens is 1. The molecule has 0 bridgehead atoms. The summed E-state index contributed by atoms with van der Waals surface area (Å²) in [6.07, 6.45) is 2.71. The van der Waals surface area contributed by atoms with E-state index in [0.717, 1.165) is 40.7 Å². The van der Waals surface area contributed by atoms with Crippen molar-refractivity contribution in [3.05, 3.63) is 29.5 Å². The molecule has 1 N–H and O–H groups in total. The highest BCUT2D eigenvalue weighted by atomic mass is 32.2. The first kappa shape index (κ1) is 23.6. The Labute approximate surface area is 192 Å². The zero-order valence-electron chi connectivity index (χ0n) is 18.7. The van der Waals surface area contributed by atoms with Gasteiger partial charge in [-0.25, -0.2) is 4.98 Å². The molecule has 1 saturated heterocycles. The zero-order valence-corrected chi connectivity index (χ0v) is 20.4. The smallest absolute Gasteiger partial charge is 0.257 e. The minimum Gasteiger partial charge on any atom is -0.496 e. The largest absolute Gasteiger partial charge is 0.496 e. The number of thiazole rings is 1. The molecule has 31 heavy (non-hydrogen) atoms. The van der Waals surface area contributed by atoms with Crippen LogP contribution in [0.1, 0.15) is 36.2 Å². The molecule has 1 aromatic carbocycles. The molecular weight excluding hydrogens is 432 g/mol. The fourth-order valence-corrected chi connectivity index (χ4v) is 5.19. The minimum absolute atomic E-state index is 0.00295. The van der Waals surface area contributed by atoms with Crippen LogP contribution in [0.3, 0.4) is 0 Å². The van der Waals surface area contributed by atoms with Gasteiger partial charge < -0.3 is 19.9 Å². The summed E-state index contributed by atoms with van der Waals surface area (Å²) >= 11 is 2.97. The third-order valence-electron chi connectivity index (χ3n) is 5.18. The molecule has 1 aliphatic heterocycles. The fraction of sp³-hybridized carbons (Fsp3) is 0.500. The third kappa shape index (κ3) is 5.99. The summed E-state index contributed by atoms with van der Waals surface area (Å²) in [5.74, 6) is 0.445. The number of anilines is 1. The van der Waals surface area contributed by atoms with E-state index in [1.165, 1.54) is 11.3 Å². The number of hydrogen-bond acceptors (Lipinski definition) is 7. The molecule has 3 rings (SSSR count). The Morgan fingerprint density at radius 1 is 1.23 bits per heavy atom. The molecule has 1 aliphatic rings. The summed E-state index contributed by atoms with van der Waals surface area (Å²) < 4.78 is 6.49. The van der Waals surface area contributed by atoms with Gasteiger partial charge >= 0.3 is 0 Å². The molecule has 0 unspecified atom stereocenters. The molecule has 2 heterocycles. The number of likely N-dealkylation sites (N-methyl/N-ethyl adjacent to an activating group) is 1. The van der Waals surface area contributed by atoms with Gasteiger partial charge in [0.2, 0.25) is 5.91 Å². The van der Waals surface area contributed by atoms with E-state index in [2.05, 4.69) is 22.2 Å². The van der Waals surface area contributed by atoms with E-state index < -0.39 is 0 Å². The number of carbonyl (C=O) groups is 2. The van der Waals surface area contributed by atoms with Gasteiger partial charge in [0.25, 0.3) is 5.91 Å². The molecule has 0 radical (unpaired) electrons. The van der Waals surface area contributed by atoms with Crippen molar-refractivity contribution >= 4 is 40.0 Å². The first-order valence-electron chi connectivity index (χ1n) is 10.4. The Balaban J connectivity index is 1.81. The van der Waals surface area contributed by atoms with Crippen LogP contribution in [-0.2, 0) is 4.79 Å². The lowest BCUT2D eigenvalue weighted by atomic mass is 10.1. The van der Waals surface area contributed by atoms with Crippen LogP contribution in [0.25, 0.3) is 0 Å². The predicted molar refractivity (Wildman–Crippen MR) is 125 cm³/mol. The Hall–Kier alpha value is -2.10. The van der Waals surface area contributed by atoms with Crippen LogP contribution >= 0.6 is 23.1 Å². The van der Waals surface area contributed by atoms with Crippen LogP contribution < -0.4 is 10.1 Å². The molecular formula is C22H30N4O3S2. The van der Waals surface area contributed by atoms with Crippen molar-refractivity contribution in [3.8, 4) is 5.75 Å². The van der Waals surface area contributed by atoms with E-state index >= 15 is 0 Å². The summed E-state index contributed by atoms with van der Waals surface area (Å²) in [4.78, 5) is 34.7. The summed E-state index contributed by atoms with van der Waals surface area (Å²) in [5, 5.41) is 3.41. The van der Waals surface area contributed by atoms with E-state index in [1.807, 2.05) is 37.8 Å². The van der Waals surface area contributed by atoms with Crippen molar-refractivity contribution in [2.45, 2.75) is 36.3 Å². The normalized spacial score (nSPS) is 15.1. The molecule has 1 aromatic heterocycles. The van der Waals surface area contributed by atoms with E-state index in [9.17, 15) is 9.59 Å². The summed E-state index contributed by atoms with van der Waals surface area (Å²) in [5.41, 5.74) is 1.60. The van der Waals surface area contributed by atoms with Gasteiger partial charge in [-0.1, -0.05) is 36.9 Å². The second-order valence-electron chi connectivity index (χ2n) is 8.00. The molecule has 0 spiro atoms. The second kappa shape index (κ2) is 10.5. The predicted octanol–water partition coefficient (Wildman–Crippen LogP) is 3.98. The summed E-state index contributed by atoms with van der Waals surface area (Å²) in [6.45, 7) is 9.02. The molecule has 7 nitrogen and oxygen atoms in total. The van der Waals surface area contributed by atoms with E-state index in [0.29, 0.717) is 23.0 Å². The topological polar surface area (TPSA) is 74.8 Å². The van der Waals surface area contributed by atoms with Crippen LogP contribution in [0.4, 0.5) is 5.13 Å². The average molecular weight is 463 g/mol. The SMILES string of the molecule is COc1cc(C)c(Sc2cnc(NC(=O)C(C)C)s2)cc1C(=O)N1CCCN(C)CC1. The molecule has 1 fully saturated rings.